The summed E-state index contributed by atoms with van der Waals surface area (Å²) in [7, 11) is 0. The maximum Gasteiger partial charge on any atom is 0.155 e. The molecular formula is C19H25N3O2. The van der Waals surface area contributed by atoms with E-state index in [-0.39, 0.29) is 16.6 Å². The van der Waals surface area contributed by atoms with Crippen molar-refractivity contribution in [3.05, 3.63) is 22.1 Å². The molecule has 0 radical (unpaired) electrons. The number of hydrogen-bond donors (Lipinski definition) is 0. The molecule has 0 aromatic rings. The summed E-state index contributed by atoms with van der Waals surface area (Å²) in [5, 5.41) is 3.97. The van der Waals surface area contributed by atoms with Crippen LogP contribution in [0.1, 0.15) is 58.3 Å². The summed E-state index contributed by atoms with van der Waals surface area (Å²) in [4.78, 5) is 27.4. The van der Waals surface area contributed by atoms with Crippen LogP contribution >= 0.6 is 0 Å². The lowest BCUT2D eigenvalue weighted by atomic mass is 9.47. The number of nitrogens with zero attached hydrogens (tertiary/aromatic N) is 3. The van der Waals surface area contributed by atoms with Gasteiger partial charge in [-0.3, -0.25) is 9.59 Å². The molecule has 5 nitrogen and oxygen atoms in total. The third kappa shape index (κ3) is 2.03. The number of rotatable bonds is 2. The Hall–Kier alpha value is -1.61. The van der Waals surface area contributed by atoms with Crippen LogP contribution < -0.4 is 0 Å². The van der Waals surface area contributed by atoms with Crippen LogP contribution in [0.4, 0.5) is 0 Å². The smallest absolute Gasteiger partial charge is 0.155 e. The number of carbonyl (C=O) groups is 2. The van der Waals surface area contributed by atoms with Crippen LogP contribution in [-0.4, -0.2) is 18.1 Å². The molecule has 4 aliphatic rings. The fraction of sp³-hybridized carbons (Fsp3) is 0.789. The fourth-order valence-corrected chi connectivity index (χ4v) is 6.59. The van der Waals surface area contributed by atoms with Gasteiger partial charge in [0.15, 0.2) is 5.78 Å². The highest BCUT2D eigenvalue weighted by Crippen LogP contribution is 2.64. The molecule has 3 fully saturated rings. The highest BCUT2D eigenvalue weighted by Gasteiger charge is 2.59. The van der Waals surface area contributed by atoms with E-state index >= 15 is 0 Å². The lowest BCUT2D eigenvalue weighted by Gasteiger charge is -2.57. The van der Waals surface area contributed by atoms with Crippen LogP contribution in [0.2, 0.25) is 0 Å². The third-order valence-corrected chi connectivity index (χ3v) is 7.81. The third-order valence-electron chi connectivity index (χ3n) is 7.81. The largest absolute Gasteiger partial charge is 0.299 e. The predicted octanol–water partition coefficient (Wildman–Crippen LogP) is 4.38. The van der Waals surface area contributed by atoms with E-state index in [0.29, 0.717) is 36.5 Å². The van der Waals surface area contributed by atoms with Crippen LogP contribution in [0.5, 0.6) is 0 Å². The molecule has 0 N–H and O–H groups in total. The standard InChI is InChI=1S/C19H25N3O2/c1-18-8-7-16-14(15(18)4-5-17(18)24)3-2-12-10-13(23)6-9-19(12,16)11-21-22-20/h10,14-16H,2-9,11H2,1H3/t14-,15-,16-,18-,19+/m0/s1. The first-order valence-corrected chi connectivity index (χ1v) is 9.29. The Morgan fingerprint density at radius 1 is 1.17 bits per heavy atom. The minimum absolute atomic E-state index is 0.129. The molecule has 128 valence electrons. The first kappa shape index (κ1) is 15.9. The van der Waals surface area contributed by atoms with Gasteiger partial charge >= 0.3 is 0 Å². The van der Waals surface area contributed by atoms with Gasteiger partial charge in [0.2, 0.25) is 0 Å². The van der Waals surface area contributed by atoms with Gasteiger partial charge in [-0.05, 0) is 67.9 Å². The number of azide groups is 1. The molecule has 3 saturated carbocycles. The average Bonchev–Trinajstić information content (AvgIpc) is 2.88. The molecule has 0 aliphatic heterocycles. The van der Waals surface area contributed by atoms with Crippen molar-refractivity contribution in [2.45, 2.75) is 58.3 Å². The van der Waals surface area contributed by atoms with E-state index in [1.807, 2.05) is 6.08 Å². The van der Waals surface area contributed by atoms with Gasteiger partial charge in [-0.2, -0.15) is 0 Å². The molecule has 0 unspecified atom stereocenters. The zero-order valence-electron chi connectivity index (χ0n) is 14.3. The number of carbonyl (C=O) groups excluding carboxylic acids is 2. The first-order valence-electron chi connectivity index (χ1n) is 9.29. The Labute approximate surface area is 142 Å². The molecule has 0 amide bonds. The van der Waals surface area contributed by atoms with E-state index < -0.39 is 0 Å². The van der Waals surface area contributed by atoms with Crippen LogP contribution in [-0.2, 0) is 9.59 Å². The summed E-state index contributed by atoms with van der Waals surface area (Å²) >= 11 is 0. The second-order valence-electron chi connectivity index (χ2n) is 8.51. The maximum atomic E-state index is 12.5. The number of fused-ring (bicyclic) bond motifs is 5. The summed E-state index contributed by atoms with van der Waals surface area (Å²) in [6, 6.07) is 0. The van der Waals surface area contributed by atoms with E-state index in [9.17, 15) is 9.59 Å². The molecule has 5 heteroatoms. The maximum absolute atomic E-state index is 12.5. The van der Waals surface area contributed by atoms with Crippen molar-refractivity contribution in [1.29, 1.82) is 0 Å². The minimum Gasteiger partial charge on any atom is -0.299 e. The second kappa shape index (κ2) is 5.45. The van der Waals surface area contributed by atoms with Gasteiger partial charge in [0, 0.05) is 35.1 Å². The zero-order valence-corrected chi connectivity index (χ0v) is 14.3. The van der Waals surface area contributed by atoms with Gasteiger partial charge < -0.3 is 0 Å². The van der Waals surface area contributed by atoms with E-state index in [1.165, 1.54) is 5.57 Å². The molecule has 24 heavy (non-hydrogen) atoms. The molecule has 0 bridgehead atoms. The first-order chi connectivity index (χ1) is 11.5. The van der Waals surface area contributed by atoms with Gasteiger partial charge in [-0.1, -0.05) is 17.6 Å². The SMILES string of the molecule is C[C@]12CC[C@H]3[C@@H](CCC4=CC(=O)CC[C@@]43CN=[N+]=[N-])[C@@H]1CCC2=O. The highest BCUT2D eigenvalue weighted by atomic mass is 16.1. The Balaban J connectivity index is 1.74. The zero-order chi connectivity index (χ0) is 16.9. The van der Waals surface area contributed by atoms with E-state index in [4.69, 9.17) is 5.53 Å². The highest BCUT2D eigenvalue weighted by molar-refractivity contribution is 5.91. The van der Waals surface area contributed by atoms with Crippen LogP contribution in [0.3, 0.4) is 0 Å². The normalized spacial score (nSPS) is 44.0. The molecular weight excluding hydrogens is 302 g/mol. The minimum atomic E-state index is -0.132. The van der Waals surface area contributed by atoms with Crippen molar-refractivity contribution in [1.82, 2.24) is 0 Å². The Morgan fingerprint density at radius 2 is 2.00 bits per heavy atom. The molecule has 0 spiro atoms. The lowest BCUT2D eigenvalue weighted by molar-refractivity contribution is -0.132. The van der Waals surface area contributed by atoms with Crippen molar-refractivity contribution >= 4 is 11.6 Å². The summed E-state index contributed by atoms with van der Waals surface area (Å²) < 4.78 is 0. The fourth-order valence-electron chi connectivity index (χ4n) is 6.59. The summed E-state index contributed by atoms with van der Waals surface area (Å²) in [6.07, 6.45) is 8.96. The van der Waals surface area contributed by atoms with Crippen LogP contribution in [0.15, 0.2) is 16.8 Å². The topological polar surface area (TPSA) is 82.9 Å². The molecule has 4 aliphatic carbocycles. The van der Waals surface area contributed by atoms with Gasteiger partial charge in [-0.15, -0.1) is 0 Å². The second-order valence-corrected chi connectivity index (χ2v) is 8.51. The average molecular weight is 327 g/mol. The Bertz CT molecular complexity index is 678. The van der Waals surface area contributed by atoms with Gasteiger partial charge in [-0.25, -0.2) is 0 Å². The van der Waals surface area contributed by atoms with Crippen molar-refractivity contribution in [3.63, 3.8) is 0 Å². The summed E-state index contributed by atoms with van der Waals surface area (Å²) in [5.74, 6) is 2.15. The molecule has 4 rings (SSSR count). The lowest BCUT2D eigenvalue weighted by Crippen LogP contribution is -2.52. The van der Waals surface area contributed by atoms with Gasteiger partial charge in [0.25, 0.3) is 0 Å². The van der Waals surface area contributed by atoms with E-state index in [2.05, 4.69) is 16.9 Å². The number of ketones is 2. The van der Waals surface area contributed by atoms with Gasteiger partial charge in [0.1, 0.15) is 5.78 Å². The Morgan fingerprint density at radius 3 is 2.79 bits per heavy atom. The van der Waals surface area contributed by atoms with Crippen molar-refractivity contribution < 1.29 is 9.59 Å². The number of Topliss-reactive ketones (excluding diaryl/α,β-unsaturated/α-hetero) is 1. The van der Waals surface area contributed by atoms with Gasteiger partial charge in [0.05, 0.1) is 0 Å². The quantitative estimate of drug-likeness (QED) is 0.428. The van der Waals surface area contributed by atoms with E-state index in [0.717, 1.165) is 44.9 Å². The van der Waals surface area contributed by atoms with Crippen molar-refractivity contribution in [2.24, 2.45) is 33.7 Å². The molecule has 5 atom stereocenters. The van der Waals surface area contributed by atoms with E-state index in [1.54, 1.807) is 0 Å². The monoisotopic (exact) mass is 327 g/mol. The van der Waals surface area contributed by atoms with Crippen molar-refractivity contribution in [2.75, 3.05) is 6.54 Å². The molecule has 0 aromatic carbocycles. The van der Waals surface area contributed by atoms with Crippen LogP contribution in [0.25, 0.3) is 10.4 Å². The summed E-state index contributed by atoms with van der Waals surface area (Å²) in [6.45, 7) is 2.65. The Kier molecular flexibility index (Phi) is 3.61. The molecule has 0 saturated heterocycles. The molecule has 0 aromatic heterocycles. The van der Waals surface area contributed by atoms with Crippen molar-refractivity contribution in [3.8, 4) is 0 Å². The predicted molar refractivity (Wildman–Crippen MR) is 90.1 cm³/mol. The van der Waals surface area contributed by atoms with Crippen LogP contribution in [0, 0.1) is 28.6 Å². The summed E-state index contributed by atoms with van der Waals surface area (Å²) in [5.41, 5.74) is 9.85. The number of hydrogen-bond acceptors (Lipinski definition) is 3. The molecule has 0 heterocycles.